The minimum Gasteiger partial charge on any atom is -0.454 e. The maximum Gasteiger partial charge on any atom is 0.272 e. The highest BCUT2D eigenvalue weighted by atomic mass is 32.2. The zero-order valence-corrected chi connectivity index (χ0v) is 24.7. The Morgan fingerprint density at radius 3 is 2.43 bits per heavy atom. The second-order valence-corrected chi connectivity index (χ2v) is 11.4. The molecule has 2 aliphatic rings. The molecular formula is C33H24N4O8S. The molecule has 13 heteroatoms. The number of nitrogens with one attached hydrogen (secondary N) is 2. The molecule has 0 radical (unpaired) electrons. The Bertz CT molecular complexity index is 1900. The van der Waals surface area contributed by atoms with Crippen molar-refractivity contribution in [2.75, 3.05) is 17.0 Å². The molecular weight excluding hydrogens is 612 g/mol. The maximum atomic E-state index is 13.5. The highest BCUT2D eigenvalue weighted by Gasteiger charge is 2.40. The Labute approximate surface area is 266 Å². The van der Waals surface area contributed by atoms with Crippen molar-refractivity contribution in [3.8, 4) is 11.5 Å². The van der Waals surface area contributed by atoms with Gasteiger partial charge in [-0.3, -0.25) is 29.3 Å². The lowest BCUT2D eigenvalue weighted by Gasteiger charge is -2.15. The van der Waals surface area contributed by atoms with Crippen LogP contribution in [-0.4, -0.2) is 40.6 Å². The normalized spacial score (nSPS) is 15.5. The van der Waals surface area contributed by atoms with Gasteiger partial charge in [0.05, 0.1) is 15.9 Å². The van der Waals surface area contributed by atoms with Crippen molar-refractivity contribution in [3.05, 3.63) is 124 Å². The van der Waals surface area contributed by atoms with Gasteiger partial charge in [-0.2, -0.15) is 0 Å². The second-order valence-electron chi connectivity index (χ2n) is 10.1. The van der Waals surface area contributed by atoms with Crippen LogP contribution in [0.4, 0.5) is 17.1 Å². The molecule has 0 bridgehead atoms. The van der Waals surface area contributed by atoms with E-state index in [1.54, 1.807) is 72.8 Å². The number of hydrogen-bond donors (Lipinski definition) is 2. The first-order chi connectivity index (χ1) is 22.2. The van der Waals surface area contributed by atoms with Crippen LogP contribution >= 0.6 is 11.8 Å². The summed E-state index contributed by atoms with van der Waals surface area (Å²) in [5.74, 6) is -0.859. The number of benzene rings is 4. The summed E-state index contributed by atoms with van der Waals surface area (Å²) in [6.07, 6.45) is 1.46. The molecule has 230 valence electrons. The first-order valence-corrected chi connectivity index (χ1v) is 14.8. The van der Waals surface area contributed by atoms with Crippen molar-refractivity contribution in [2.24, 2.45) is 0 Å². The van der Waals surface area contributed by atoms with Gasteiger partial charge < -0.3 is 20.1 Å². The van der Waals surface area contributed by atoms with Gasteiger partial charge >= 0.3 is 0 Å². The number of amides is 4. The highest BCUT2D eigenvalue weighted by Crippen LogP contribution is 2.36. The average Bonchev–Trinajstić information content (AvgIpc) is 3.64. The van der Waals surface area contributed by atoms with Gasteiger partial charge in [-0.25, -0.2) is 4.90 Å². The summed E-state index contributed by atoms with van der Waals surface area (Å²) in [5.41, 5.74) is 1.42. The molecule has 1 unspecified atom stereocenters. The van der Waals surface area contributed by atoms with E-state index in [4.69, 9.17) is 9.47 Å². The van der Waals surface area contributed by atoms with Gasteiger partial charge in [0.2, 0.25) is 18.6 Å². The Hall–Kier alpha value is -5.95. The number of non-ortho nitro benzene ring substituents is 1. The van der Waals surface area contributed by atoms with Gasteiger partial charge in [-0.15, -0.1) is 11.8 Å². The van der Waals surface area contributed by atoms with Crippen LogP contribution in [0.3, 0.4) is 0 Å². The molecule has 6 rings (SSSR count). The summed E-state index contributed by atoms with van der Waals surface area (Å²) in [6, 6.07) is 25.6. The van der Waals surface area contributed by atoms with Crippen LogP contribution in [0.2, 0.25) is 0 Å². The third-order valence-electron chi connectivity index (χ3n) is 7.03. The van der Waals surface area contributed by atoms with Gasteiger partial charge in [0.1, 0.15) is 5.70 Å². The number of ether oxygens (including phenoxy) is 2. The molecule has 2 heterocycles. The summed E-state index contributed by atoms with van der Waals surface area (Å²) >= 11 is 1.16. The third-order valence-corrected chi connectivity index (χ3v) is 8.21. The summed E-state index contributed by atoms with van der Waals surface area (Å²) in [5, 5.41) is 15.7. The largest absolute Gasteiger partial charge is 0.454 e. The number of thioether (sulfide) groups is 1. The summed E-state index contributed by atoms with van der Waals surface area (Å²) < 4.78 is 10.8. The molecule has 4 aromatic rings. The number of nitro benzene ring substituents is 1. The molecule has 1 atom stereocenters. The van der Waals surface area contributed by atoms with Crippen molar-refractivity contribution >= 4 is 58.5 Å². The van der Waals surface area contributed by atoms with E-state index < -0.39 is 33.8 Å². The van der Waals surface area contributed by atoms with E-state index >= 15 is 0 Å². The molecule has 1 fully saturated rings. The Balaban J connectivity index is 1.18. The number of carbonyl (C=O) groups excluding carboxylic acids is 4. The lowest BCUT2D eigenvalue weighted by atomic mass is 10.1. The molecule has 0 saturated carbocycles. The first-order valence-electron chi connectivity index (χ1n) is 13.9. The maximum absolute atomic E-state index is 13.5. The Morgan fingerprint density at radius 1 is 0.913 bits per heavy atom. The molecule has 1 saturated heterocycles. The lowest BCUT2D eigenvalue weighted by molar-refractivity contribution is -0.384. The average molecular weight is 637 g/mol. The van der Waals surface area contributed by atoms with E-state index in [2.05, 4.69) is 10.6 Å². The van der Waals surface area contributed by atoms with Crippen molar-refractivity contribution in [1.29, 1.82) is 0 Å². The van der Waals surface area contributed by atoms with E-state index in [9.17, 15) is 29.3 Å². The zero-order valence-electron chi connectivity index (χ0n) is 23.9. The number of imide groups is 1. The predicted molar refractivity (Wildman–Crippen MR) is 169 cm³/mol. The van der Waals surface area contributed by atoms with Crippen LogP contribution in [0.15, 0.2) is 108 Å². The number of rotatable bonds is 9. The molecule has 0 aromatic heterocycles. The number of fused-ring (bicyclic) bond motifs is 1. The molecule has 46 heavy (non-hydrogen) atoms. The number of hydrogen-bond acceptors (Lipinski definition) is 9. The Morgan fingerprint density at radius 2 is 1.67 bits per heavy atom. The monoisotopic (exact) mass is 636 g/mol. The molecule has 0 spiro atoms. The van der Waals surface area contributed by atoms with E-state index in [1.807, 2.05) is 0 Å². The van der Waals surface area contributed by atoms with Gasteiger partial charge in [0.15, 0.2) is 11.5 Å². The number of anilines is 2. The van der Waals surface area contributed by atoms with Crippen LogP contribution in [0.5, 0.6) is 11.5 Å². The van der Waals surface area contributed by atoms with E-state index in [1.165, 1.54) is 30.3 Å². The minimum atomic E-state index is -0.736. The van der Waals surface area contributed by atoms with Crippen LogP contribution in [0.1, 0.15) is 22.3 Å². The van der Waals surface area contributed by atoms with Crippen LogP contribution in [0.25, 0.3) is 6.08 Å². The zero-order chi connectivity index (χ0) is 32.2. The summed E-state index contributed by atoms with van der Waals surface area (Å²) in [6.45, 7) is 0.0879. The minimum absolute atomic E-state index is 0.0268. The van der Waals surface area contributed by atoms with Crippen molar-refractivity contribution in [1.82, 2.24) is 5.32 Å². The number of nitro groups is 1. The quantitative estimate of drug-likeness (QED) is 0.110. The van der Waals surface area contributed by atoms with E-state index in [-0.39, 0.29) is 30.3 Å². The fourth-order valence-corrected chi connectivity index (χ4v) is 5.93. The topological polar surface area (TPSA) is 157 Å². The smallest absolute Gasteiger partial charge is 0.272 e. The van der Waals surface area contributed by atoms with E-state index in [0.29, 0.717) is 33.2 Å². The third kappa shape index (κ3) is 6.59. The lowest BCUT2D eigenvalue weighted by Crippen LogP contribution is -2.31. The van der Waals surface area contributed by atoms with Crippen LogP contribution in [0, 0.1) is 10.1 Å². The number of carbonyl (C=O) groups is 4. The van der Waals surface area contributed by atoms with Crippen molar-refractivity contribution in [2.45, 2.75) is 16.6 Å². The van der Waals surface area contributed by atoms with Crippen LogP contribution < -0.4 is 25.0 Å². The molecule has 2 N–H and O–H groups in total. The van der Waals surface area contributed by atoms with Gasteiger partial charge in [0, 0.05) is 34.7 Å². The Kier molecular flexibility index (Phi) is 8.48. The molecule has 4 aromatic carbocycles. The standard InChI is InChI=1S/C33H24N4O8S/c38-30-18-29(33(41)36(30)23-10-12-24(13-11-23)37(42)43)46-25-8-4-7-22(17-25)34-32(40)26(35-31(39)21-5-2-1-3-6-21)15-20-9-14-27-28(16-20)45-19-44-27/h1-17,29H,18-19H2,(H,34,40)(H,35,39). The molecule has 0 aliphatic carbocycles. The van der Waals surface area contributed by atoms with Gasteiger partial charge in [-0.05, 0) is 66.2 Å². The first kappa shape index (κ1) is 30.1. The fraction of sp³-hybridized carbons (Fsp3) is 0.0909. The van der Waals surface area contributed by atoms with Crippen LogP contribution in [-0.2, 0) is 14.4 Å². The molecule has 12 nitrogen and oxygen atoms in total. The van der Waals surface area contributed by atoms with Gasteiger partial charge in [-0.1, -0.05) is 30.3 Å². The summed E-state index contributed by atoms with van der Waals surface area (Å²) in [4.78, 5) is 64.5. The second kappa shape index (κ2) is 13.0. The SMILES string of the molecule is O=C(Nc1cccc(SC2CC(=O)N(c3ccc([N+](=O)[O-])cc3)C2=O)c1)C(=Cc1ccc2c(c1)OCO2)NC(=O)c1ccccc1. The predicted octanol–water partition coefficient (Wildman–Crippen LogP) is 5.16. The highest BCUT2D eigenvalue weighted by molar-refractivity contribution is 8.00. The van der Waals surface area contributed by atoms with Gasteiger partial charge in [0.25, 0.3) is 17.5 Å². The van der Waals surface area contributed by atoms with Crippen molar-refractivity contribution in [3.63, 3.8) is 0 Å². The molecule has 2 aliphatic heterocycles. The summed E-state index contributed by atoms with van der Waals surface area (Å²) in [7, 11) is 0. The van der Waals surface area contributed by atoms with Crippen molar-refractivity contribution < 1.29 is 33.6 Å². The van der Waals surface area contributed by atoms with E-state index in [0.717, 1.165) is 16.7 Å². The molecule has 4 amide bonds. The fourth-order valence-electron chi connectivity index (χ4n) is 4.81. The number of nitrogens with zero attached hydrogens (tertiary/aromatic N) is 2.